The Morgan fingerprint density at radius 1 is 0.455 bits per heavy atom. The molecule has 1 rings (SSSR count). The summed E-state index contributed by atoms with van der Waals surface area (Å²) >= 11 is 0. The van der Waals surface area contributed by atoms with Crippen LogP contribution in [0.5, 0.6) is 0 Å². The number of nitrogens with one attached hydrogen (secondary N) is 1. The lowest BCUT2D eigenvalue weighted by atomic mass is 9.99. The number of ether oxygens (including phenoxy) is 2. The summed E-state index contributed by atoms with van der Waals surface area (Å²) in [5, 5.41) is 54.4. The van der Waals surface area contributed by atoms with E-state index in [-0.39, 0.29) is 12.5 Å². The highest BCUT2D eigenvalue weighted by Crippen LogP contribution is 2.23. The van der Waals surface area contributed by atoms with Crippen molar-refractivity contribution in [3.05, 3.63) is 122 Å². The van der Waals surface area contributed by atoms with Crippen molar-refractivity contribution in [2.24, 2.45) is 0 Å². The SMILES string of the molecule is CC/C=C\C/C=C\C/C=C\C/C=C\C/C=C\C/C=C\C/C=C\C/C=C\CCCCCCCCCCCCCCCCCCC(=O)NC(COC1OC(CO)C(O)C(O)C1O)C(O)/C=C/CC/C=C/CCCCCCCCC. The molecule has 0 spiro atoms. The number of allylic oxidation sites excluding steroid dienone is 19. The van der Waals surface area contributed by atoms with Gasteiger partial charge >= 0.3 is 0 Å². The molecule has 0 aromatic heterocycles. The molecule has 1 fully saturated rings. The van der Waals surface area contributed by atoms with Crippen molar-refractivity contribution in [2.45, 2.75) is 288 Å². The Labute approximate surface area is 471 Å². The minimum absolute atomic E-state index is 0.190. The highest BCUT2D eigenvalue weighted by atomic mass is 16.7. The summed E-state index contributed by atoms with van der Waals surface area (Å²) in [6.07, 6.45) is 77.2. The third-order valence-electron chi connectivity index (χ3n) is 14.0. The molecule has 1 aliphatic rings. The first-order valence-corrected chi connectivity index (χ1v) is 31.3. The quantitative estimate of drug-likeness (QED) is 0.0261. The van der Waals surface area contributed by atoms with Gasteiger partial charge in [0, 0.05) is 6.42 Å². The van der Waals surface area contributed by atoms with Crippen molar-refractivity contribution in [2.75, 3.05) is 13.2 Å². The number of rotatable bonds is 52. The van der Waals surface area contributed by atoms with Crippen LogP contribution in [0.1, 0.15) is 245 Å². The van der Waals surface area contributed by atoms with E-state index in [0.29, 0.717) is 6.42 Å². The van der Waals surface area contributed by atoms with Crippen molar-refractivity contribution in [3.8, 4) is 0 Å². The third-order valence-corrected chi connectivity index (χ3v) is 14.0. The highest BCUT2D eigenvalue weighted by molar-refractivity contribution is 5.76. The molecule has 1 saturated heterocycles. The van der Waals surface area contributed by atoms with E-state index < -0.39 is 49.5 Å². The lowest BCUT2D eigenvalue weighted by Gasteiger charge is -2.40. The largest absolute Gasteiger partial charge is 0.394 e. The Morgan fingerprint density at radius 3 is 1.25 bits per heavy atom. The maximum Gasteiger partial charge on any atom is 0.220 e. The second kappa shape index (κ2) is 55.9. The van der Waals surface area contributed by atoms with Gasteiger partial charge in [0.1, 0.15) is 24.4 Å². The summed E-state index contributed by atoms with van der Waals surface area (Å²) in [6.45, 7) is 3.63. The van der Waals surface area contributed by atoms with Gasteiger partial charge in [-0.05, 0) is 96.3 Å². The van der Waals surface area contributed by atoms with Crippen LogP contribution in [0.25, 0.3) is 0 Å². The molecule has 440 valence electrons. The monoisotopic (exact) mass is 1070 g/mol. The first-order chi connectivity index (χ1) is 37.8. The van der Waals surface area contributed by atoms with E-state index in [1.807, 2.05) is 6.08 Å². The number of hydrogen-bond acceptors (Lipinski definition) is 8. The van der Waals surface area contributed by atoms with Crippen LogP contribution in [0.2, 0.25) is 0 Å². The Bertz CT molecular complexity index is 1620. The molecule has 7 unspecified atom stereocenters. The summed E-state index contributed by atoms with van der Waals surface area (Å²) < 4.78 is 11.2. The molecule has 0 radical (unpaired) electrons. The smallest absolute Gasteiger partial charge is 0.220 e. The van der Waals surface area contributed by atoms with Gasteiger partial charge in [-0.25, -0.2) is 0 Å². The van der Waals surface area contributed by atoms with E-state index in [4.69, 9.17) is 9.47 Å². The molecule has 1 amide bonds. The Morgan fingerprint density at radius 2 is 0.818 bits per heavy atom. The van der Waals surface area contributed by atoms with Crippen molar-refractivity contribution >= 4 is 5.91 Å². The topological polar surface area (TPSA) is 149 Å². The number of hydrogen-bond donors (Lipinski definition) is 6. The molecule has 1 heterocycles. The van der Waals surface area contributed by atoms with E-state index in [2.05, 4.69) is 129 Å². The first kappa shape index (κ1) is 71.6. The fourth-order valence-electron chi connectivity index (χ4n) is 9.13. The summed E-state index contributed by atoms with van der Waals surface area (Å²) in [7, 11) is 0. The summed E-state index contributed by atoms with van der Waals surface area (Å²) in [5.74, 6) is -0.190. The van der Waals surface area contributed by atoms with E-state index >= 15 is 0 Å². The number of amides is 1. The van der Waals surface area contributed by atoms with Gasteiger partial charge in [-0.2, -0.15) is 0 Å². The van der Waals surface area contributed by atoms with Crippen molar-refractivity contribution in [1.82, 2.24) is 5.32 Å². The second-order valence-electron chi connectivity index (χ2n) is 21.1. The first-order valence-electron chi connectivity index (χ1n) is 31.3. The zero-order chi connectivity index (χ0) is 55.8. The Kier molecular flexibility index (Phi) is 52.0. The number of unbranched alkanes of at least 4 members (excludes halogenated alkanes) is 24. The van der Waals surface area contributed by atoms with E-state index in [1.54, 1.807) is 6.08 Å². The van der Waals surface area contributed by atoms with Crippen LogP contribution in [0.4, 0.5) is 0 Å². The van der Waals surface area contributed by atoms with Gasteiger partial charge in [-0.15, -0.1) is 0 Å². The van der Waals surface area contributed by atoms with Crippen LogP contribution < -0.4 is 5.32 Å². The molecule has 6 N–H and O–H groups in total. The van der Waals surface area contributed by atoms with Crippen LogP contribution in [0, 0.1) is 0 Å². The van der Waals surface area contributed by atoms with E-state index in [0.717, 1.165) is 89.9 Å². The number of carbonyl (C=O) groups excluding carboxylic acids is 1. The zero-order valence-corrected chi connectivity index (χ0v) is 48.9. The van der Waals surface area contributed by atoms with Gasteiger partial charge in [0.25, 0.3) is 0 Å². The van der Waals surface area contributed by atoms with Gasteiger partial charge < -0.3 is 40.3 Å². The van der Waals surface area contributed by atoms with Crippen LogP contribution in [-0.2, 0) is 14.3 Å². The van der Waals surface area contributed by atoms with Gasteiger partial charge in [0.2, 0.25) is 5.91 Å². The summed E-state index contributed by atoms with van der Waals surface area (Å²) in [4.78, 5) is 13.0. The molecule has 0 saturated carbocycles. The fraction of sp³-hybridized carbons (Fsp3) is 0.691. The van der Waals surface area contributed by atoms with E-state index in [9.17, 15) is 30.3 Å². The molecular formula is C68H115NO8. The third kappa shape index (κ3) is 45.1. The fourth-order valence-corrected chi connectivity index (χ4v) is 9.13. The number of carbonyl (C=O) groups is 1. The highest BCUT2D eigenvalue weighted by Gasteiger charge is 2.44. The zero-order valence-electron chi connectivity index (χ0n) is 48.9. The Balaban J connectivity index is 2.09. The second-order valence-corrected chi connectivity index (χ2v) is 21.1. The molecule has 0 aromatic rings. The molecular weight excluding hydrogens is 959 g/mol. The number of aliphatic hydroxyl groups excluding tert-OH is 5. The predicted molar refractivity (Wildman–Crippen MR) is 327 cm³/mol. The van der Waals surface area contributed by atoms with Crippen molar-refractivity contribution in [3.63, 3.8) is 0 Å². The summed E-state index contributed by atoms with van der Waals surface area (Å²) in [5.41, 5.74) is 0. The maximum atomic E-state index is 13.0. The molecule has 0 aromatic carbocycles. The van der Waals surface area contributed by atoms with Crippen LogP contribution in [-0.4, -0.2) is 87.5 Å². The number of aliphatic hydroxyl groups is 5. The lowest BCUT2D eigenvalue weighted by Crippen LogP contribution is -2.60. The molecule has 77 heavy (non-hydrogen) atoms. The molecule has 1 aliphatic heterocycles. The van der Waals surface area contributed by atoms with Crippen molar-refractivity contribution in [1.29, 1.82) is 0 Å². The maximum absolute atomic E-state index is 13.0. The minimum Gasteiger partial charge on any atom is -0.394 e. The average Bonchev–Trinajstić information content (AvgIpc) is 3.43. The minimum atomic E-state index is -1.58. The molecule has 9 nitrogen and oxygen atoms in total. The van der Waals surface area contributed by atoms with E-state index in [1.165, 1.54) is 135 Å². The normalized spacial score (nSPS) is 19.6. The van der Waals surface area contributed by atoms with Gasteiger partial charge in [-0.3, -0.25) is 4.79 Å². The van der Waals surface area contributed by atoms with Gasteiger partial charge in [-0.1, -0.05) is 264 Å². The van der Waals surface area contributed by atoms with Gasteiger partial charge in [0.15, 0.2) is 6.29 Å². The van der Waals surface area contributed by atoms with Crippen molar-refractivity contribution < 1.29 is 39.8 Å². The van der Waals surface area contributed by atoms with Gasteiger partial charge in [0.05, 0.1) is 25.4 Å². The molecule has 9 heteroatoms. The van der Waals surface area contributed by atoms with Crippen LogP contribution in [0.15, 0.2) is 122 Å². The molecule has 0 aliphatic carbocycles. The predicted octanol–water partition coefficient (Wildman–Crippen LogP) is 16.3. The summed E-state index contributed by atoms with van der Waals surface area (Å²) in [6, 6.07) is -0.826. The lowest BCUT2D eigenvalue weighted by molar-refractivity contribution is -0.302. The standard InChI is InChI=1S/C68H115NO8/c1-3-5-7-9-11-13-15-17-18-19-20-21-22-23-24-25-26-27-28-29-30-31-32-33-34-35-36-37-38-39-40-41-42-43-44-46-48-50-52-54-56-58-64(72)69-61(60-76-68-67(75)66(74)65(73)63(59-70)77-68)62(71)57-55-53-51-49-47-45-16-14-12-10-8-6-4-2/h5,7,11,13,17-18,20-21,23-24,26-27,29-30,32-33,47,49,55,57,61-63,65-68,70-71,73-75H,3-4,6,8-10,12,14-16,19,22,25,28,31,34-46,48,50-54,56,58-60H2,1-2H3,(H,69,72)/b7-5-,13-11-,18-17-,21-20-,24-23-,27-26-,30-29-,33-32-,49-47+,57-55+. The molecule has 0 bridgehead atoms. The van der Waals surface area contributed by atoms with Crippen LogP contribution >= 0.6 is 0 Å². The van der Waals surface area contributed by atoms with Crippen LogP contribution in [0.3, 0.4) is 0 Å². The average molecular weight is 1070 g/mol. The Hall–Kier alpha value is -3.41. The molecule has 7 atom stereocenters.